The van der Waals surface area contributed by atoms with E-state index in [4.69, 9.17) is 0 Å². The maximum absolute atomic E-state index is 14.0. The standard InChI is InChI=1S/C24H17FN2OS/c1-24(2,14-28)29-18-6-3-16-12-27-13-23(21(16)10-18)20-7-4-15(11-26)19-8-5-17(25)9-22(19)20/h3-10,12-14H,1-2H3. The number of hydrogen-bond donors (Lipinski definition) is 0. The molecule has 0 spiro atoms. The van der Waals surface area contributed by atoms with Crippen molar-refractivity contribution in [2.75, 3.05) is 0 Å². The fraction of sp³-hybridized carbons (Fsp3) is 0.125. The van der Waals surface area contributed by atoms with Crippen LogP contribution in [0.4, 0.5) is 4.39 Å². The first-order valence-electron chi connectivity index (χ1n) is 9.08. The van der Waals surface area contributed by atoms with Crippen molar-refractivity contribution in [3.8, 4) is 17.2 Å². The van der Waals surface area contributed by atoms with Crippen LogP contribution in [0.1, 0.15) is 19.4 Å². The Balaban J connectivity index is 1.98. The van der Waals surface area contributed by atoms with Crippen LogP contribution in [0.15, 0.2) is 65.8 Å². The van der Waals surface area contributed by atoms with E-state index in [2.05, 4.69) is 11.1 Å². The first kappa shape index (κ1) is 19.1. The van der Waals surface area contributed by atoms with Crippen molar-refractivity contribution in [2.45, 2.75) is 23.5 Å². The van der Waals surface area contributed by atoms with Gasteiger partial charge in [0.15, 0.2) is 0 Å². The molecular weight excluding hydrogens is 383 g/mol. The highest BCUT2D eigenvalue weighted by molar-refractivity contribution is 8.01. The monoisotopic (exact) mass is 400 g/mol. The molecule has 5 heteroatoms. The minimum Gasteiger partial charge on any atom is -0.302 e. The molecule has 0 amide bonds. The van der Waals surface area contributed by atoms with Crippen LogP contribution in [0.3, 0.4) is 0 Å². The molecule has 0 aliphatic heterocycles. The number of hydrogen-bond acceptors (Lipinski definition) is 4. The van der Waals surface area contributed by atoms with Gasteiger partial charge in [0.25, 0.3) is 0 Å². The second-order valence-electron chi connectivity index (χ2n) is 7.36. The summed E-state index contributed by atoms with van der Waals surface area (Å²) in [6.07, 6.45) is 4.48. The molecule has 0 atom stereocenters. The lowest BCUT2D eigenvalue weighted by molar-refractivity contribution is -0.109. The molecule has 142 valence electrons. The minimum atomic E-state index is -0.537. The molecule has 4 rings (SSSR count). The Hall–Kier alpha value is -3.23. The van der Waals surface area contributed by atoms with E-state index in [1.807, 2.05) is 38.1 Å². The molecule has 1 heterocycles. The van der Waals surface area contributed by atoms with Gasteiger partial charge in [-0.3, -0.25) is 4.98 Å². The Bertz CT molecular complexity index is 1310. The Morgan fingerprint density at radius 3 is 2.59 bits per heavy atom. The van der Waals surface area contributed by atoms with Gasteiger partial charge in [0, 0.05) is 33.6 Å². The van der Waals surface area contributed by atoms with Crippen LogP contribution < -0.4 is 0 Å². The summed E-state index contributed by atoms with van der Waals surface area (Å²) in [5.74, 6) is -0.356. The van der Waals surface area contributed by atoms with Crippen molar-refractivity contribution < 1.29 is 9.18 Å². The molecule has 0 fully saturated rings. The normalized spacial score (nSPS) is 11.5. The number of nitriles is 1. The molecule has 1 aromatic heterocycles. The lowest BCUT2D eigenvalue weighted by Crippen LogP contribution is -2.15. The van der Waals surface area contributed by atoms with Gasteiger partial charge in [-0.1, -0.05) is 18.2 Å². The Morgan fingerprint density at radius 1 is 1.00 bits per heavy atom. The SMILES string of the molecule is CC(C)(C=O)Sc1ccc2cncc(-c3ccc(C#N)c4ccc(F)cc34)c2c1. The second kappa shape index (κ2) is 7.31. The van der Waals surface area contributed by atoms with Crippen molar-refractivity contribution in [3.05, 3.63) is 72.3 Å². The van der Waals surface area contributed by atoms with E-state index in [1.165, 1.54) is 23.9 Å². The Kier molecular flexibility index (Phi) is 4.81. The van der Waals surface area contributed by atoms with Gasteiger partial charge in [-0.2, -0.15) is 5.26 Å². The van der Waals surface area contributed by atoms with Crippen LogP contribution in [0.25, 0.3) is 32.7 Å². The summed E-state index contributed by atoms with van der Waals surface area (Å²) in [6, 6.07) is 16.2. The zero-order valence-electron chi connectivity index (χ0n) is 15.9. The van der Waals surface area contributed by atoms with E-state index >= 15 is 0 Å². The van der Waals surface area contributed by atoms with Gasteiger partial charge in [0.05, 0.1) is 16.4 Å². The van der Waals surface area contributed by atoms with E-state index in [0.29, 0.717) is 16.3 Å². The van der Waals surface area contributed by atoms with Gasteiger partial charge in [0.2, 0.25) is 0 Å². The fourth-order valence-corrected chi connectivity index (χ4v) is 4.37. The fourth-order valence-electron chi connectivity index (χ4n) is 3.40. The number of benzene rings is 3. The molecule has 0 saturated heterocycles. The summed E-state index contributed by atoms with van der Waals surface area (Å²) in [7, 11) is 0. The number of aromatic nitrogens is 1. The van der Waals surface area contributed by atoms with Crippen molar-refractivity contribution in [1.82, 2.24) is 4.98 Å². The number of rotatable bonds is 4. The highest BCUT2D eigenvalue weighted by Gasteiger charge is 2.19. The summed E-state index contributed by atoms with van der Waals surface area (Å²) in [4.78, 5) is 16.7. The number of pyridine rings is 1. The third-order valence-corrected chi connectivity index (χ3v) is 5.90. The number of carbonyl (C=O) groups excluding carboxylic acids is 1. The lowest BCUT2D eigenvalue weighted by atomic mass is 9.93. The zero-order chi connectivity index (χ0) is 20.6. The summed E-state index contributed by atoms with van der Waals surface area (Å²) in [5.41, 5.74) is 2.17. The number of fused-ring (bicyclic) bond motifs is 2. The van der Waals surface area contributed by atoms with E-state index in [1.54, 1.807) is 24.5 Å². The van der Waals surface area contributed by atoms with Crippen LogP contribution in [0, 0.1) is 17.1 Å². The van der Waals surface area contributed by atoms with Crippen molar-refractivity contribution in [2.24, 2.45) is 0 Å². The van der Waals surface area contributed by atoms with Crippen LogP contribution in [-0.2, 0) is 4.79 Å². The average Bonchev–Trinajstić information content (AvgIpc) is 2.72. The van der Waals surface area contributed by atoms with E-state index in [-0.39, 0.29) is 5.82 Å². The van der Waals surface area contributed by atoms with Gasteiger partial charge in [0.1, 0.15) is 12.1 Å². The zero-order valence-corrected chi connectivity index (χ0v) is 16.8. The molecule has 3 nitrogen and oxygen atoms in total. The van der Waals surface area contributed by atoms with Crippen LogP contribution in [0.5, 0.6) is 0 Å². The molecule has 0 saturated carbocycles. The summed E-state index contributed by atoms with van der Waals surface area (Å²) < 4.78 is 13.5. The predicted molar refractivity (Wildman–Crippen MR) is 115 cm³/mol. The highest BCUT2D eigenvalue weighted by Crippen LogP contribution is 2.38. The molecule has 29 heavy (non-hydrogen) atoms. The van der Waals surface area contributed by atoms with Gasteiger partial charge in [-0.05, 0) is 60.5 Å². The first-order chi connectivity index (χ1) is 13.9. The number of aldehydes is 1. The van der Waals surface area contributed by atoms with Gasteiger partial charge < -0.3 is 4.79 Å². The third-order valence-electron chi connectivity index (χ3n) is 4.79. The lowest BCUT2D eigenvalue weighted by Gasteiger charge is -2.17. The van der Waals surface area contributed by atoms with E-state index in [9.17, 15) is 14.4 Å². The molecule has 0 radical (unpaired) electrons. The molecule has 0 N–H and O–H groups in total. The first-order valence-corrected chi connectivity index (χ1v) is 9.89. The van der Waals surface area contributed by atoms with E-state index in [0.717, 1.165) is 33.1 Å². The average molecular weight is 400 g/mol. The highest BCUT2D eigenvalue weighted by atomic mass is 32.2. The van der Waals surface area contributed by atoms with Gasteiger partial charge in [-0.25, -0.2) is 4.39 Å². The van der Waals surface area contributed by atoms with Crippen molar-refractivity contribution >= 4 is 39.6 Å². The predicted octanol–water partition coefficient (Wildman–Crippen LogP) is 6.14. The topological polar surface area (TPSA) is 53.8 Å². The van der Waals surface area contributed by atoms with Gasteiger partial charge >= 0.3 is 0 Å². The third kappa shape index (κ3) is 3.59. The smallest absolute Gasteiger partial charge is 0.135 e. The minimum absolute atomic E-state index is 0.356. The van der Waals surface area contributed by atoms with Crippen molar-refractivity contribution in [1.29, 1.82) is 5.26 Å². The number of nitrogens with zero attached hydrogens (tertiary/aromatic N) is 2. The number of halogens is 1. The maximum atomic E-state index is 14.0. The maximum Gasteiger partial charge on any atom is 0.135 e. The van der Waals surface area contributed by atoms with Crippen LogP contribution >= 0.6 is 11.8 Å². The second-order valence-corrected chi connectivity index (χ2v) is 9.08. The number of thioether (sulfide) groups is 1. The van der Waals surface area contributed by atoms with Crippen LogP contribution in [-0.4, -0.2) is 16.0 Å². The number of carbonyl (C=O) groups is 1. The molecule has 0 bridgehead atoms. The Labute approximate surface area is 172 Å². The van der Waals surface area contributed by atoms with Gasteiger partial charge in [-0.15, -0.1) is 11.8 Å². The molecule has 3 aromatic carbocycles. The quantitative estimate of drug-likeness (QED) is 0.305. The Morgan fingerprint density at radius 2 is 1.83 bits per heavy atom. The molecular formula is C24H17FN2OS. The molecule has 0 aliphatic carbocycles. The van der Waals surface area contributed by atoms with Crippen molar-refractivity contribution in [3.63, 3.8) is 0 Å². The molecule has 4 aromatic rings. The summed E-state index contributed by atoms with van der Waals surface area (Å²) in [5, 5.41) is 12.7. The molecule has 0 unspecified atom stereocenters. The van der Waals surface area contributed by atoms with Crippen LogP contribution in [0.2, 0.25) is 0 Å². The summed E-state index contributed by atoms with van der Waals surface area (Å²) in [6.45, 7) is 3.75. The largest absolute Gasteiger partial charge is 0.302 e. The summed E-state index contributed by atoms with van der Waals surface area (Å²) >= 11 is 1.49. The molecule has 0 aliphatic rings. The van der Waals surface area contributed by atoms with E-state index < -0.39 is 4.75 Å².